The first-order valence-corrected chi connectivity index (χ1v) is 9.42. The highest BCUT2D eigenvalue weighted by Gasteiger charge is 2.36. The Balaban J connectivity index is 1.35. The summed E-state index contributed by atoms with van der Waals surface area (Å²) in [6, 6.07) is 0.192. The van der Waals surface area contributed by atoms with E-state index < -0.39 is 0 Å². The molecule has 26 heavy (non-hydrogen) atoms. The van der Waals surface area contributed by atoms with Crippen LogP contribution in [-0.4, -0.2) is 55.9 Å². The van der Waals surface area contributed by atoms with Crippen molar-refractivity contribution >= 4 is 5.91 Å². The third kappa shape index (κ3) is 3.13. The molecule has 0 unspecified atom stereocenters. The number of nitrogens with zero attached hydrogens (tertiary/aromatic N) is 5. The highest BCUT2D eigenvalue weighted by atomic mass is 16.2. The van der Waals surface area contributed by atoms with Crippen molar-refractivity contribution < 1.29 is 4.79 Å². The Bertz CT molecular complexity index is 801. The van der Waals surface area contributed by atoms with Crippen LogP contribution in [0.4, 0.5) is 0 Å². The molecule has 8 nitrogen and oxygen atoms in total. The minimum absolute atomic E-state index is 0.0425. The van der Waals surface area contributed by atoms with E-state index in [4.69, 9.17) is 0 Å². The van der Waals surface area contributed by atoms with Crippen molar-refractivity contribution in [2.45, 2.75) is 57.0 Å². The zero-order valence-corrected chi connectivity index (χ0v) is 15.7. The standard InChI is InChI=1S/C18H27N7O/c1-24(2)10-15-21-23-17(25(15)3)11-8-12(9-11)19-18(26)16-13-6-4-5-7-14(13)20-22-16/h11-12H,4-10H2,1-3H3,(H,19,26)(H,20,22). The number of hydrogen-bond acceptors (Lipinski definition) is 5. The smallest absolute Gasteiger partial charge is 0.272 e. The molecule has 1 amide bonds. The quantitative estimate of drug-likeness (QED) is 0.838. The molecule has 0 atom stereocenters. The number of carbonyl (C=O) groups is 1. The van der Waals surface area contributed by atoms with Crippen LogP contribution < -0.4 is 5.32 Å². The molecule has 2 N–H and O–H groups in total. The van der Waals surface area contributed by atoms with Crippen molar-refractivity contribution in [3.8, 4) is 0 Å². The molecule has 0 aliphatic heterocycles. The summed E-state index contributed by atoms with van der Waals surface area (Å²) in [6.07, 6.45) is 6.09. The molecule has 140 valence electrons. The van der Waals surface area contributed by atoms with E-state index in [0.717, 1.165) is 61.6 Å². The van der Waals surface area contributed by atoms with Crippen LogP contribution >= 0.6 is 0 Å². The summed E-state index contributed by atoms with van der Waals surface area (Å²) in [4.78, 5) is 14.7. The van der Waals surface area contributed by atoms with Gasteiger partial charge in [-0.1, -0.05) is 0 Å². The van der Waals surface area contributed by atoms with E-state index >= 15 is 0 Å². The molecule has 2 aromatic rings. The topological polar surface area (TPSA) is 91.7 Å². The molecule has 2 aliphatic rings. The lowest BCUT2D eigenvalue weighted by Crippen LogP contribution is -2.44. The lowest BCUT2D eigenvalue weighted by molar-refractivity contribution is 0.0900. The zero-order chi connectivity index (χ0) is 18.3. The third-order valence-electron chi connectivity index (χ3n) is 5.57. The number of carbonyl (C=O) groups excluding carboxylic acids is 1. The van der Waals surface area contributed by atoms with Crippen molar-refractivity contribution in [3.63, 3.8) is 0 Å². The maximum absolute atomic E-state index is 12.6. The van der Waals surface area contributed by atoms with E-state index in [1.165, 1.54) is 6.42 Å². The van der Waals surface area contributed by atoms with Gasteiger partial charge >= 0.3 is 0 Å². The van der Waals surface area contributed by atoms with Gasteiger partial charge < -0.3 is 14.8 Å². The number of aryl methyl sites for hydroxylation is 1. The normalized spacial score (nSPS) is 22.2. The van der Waals surface area contributed by atoms with Gasteiger partial charge in [-0.25, -0.2) is 0 Å². The van der Waals surface area contributed by atoms with Gasteiger partial charge in [-0.05, 0) is 52.6 Å². The fraction of sp³-hybridized carbons (Fsp3) is 0.667. The largest absolute Gasteiger partial charge is 0.348 e. The molecule has 0 radical (unpaired) electrons. The van der Waals surface area contributed by atoms with Gasteiger partial charge in [0, 0.05) is 30.3 Å². The Morgan fingerprint density at radius 1 is 1.27 bits per heavy atom. The van der Waals surface area contributed by atoms with Crippen molar-refractivity contribution in [1.82, 2.24) is 35.2 Å². The molecule has 0 saturated heterocycles. The molecule has 0 aromatic carbocycles. The van der Waals surface area contributed by atoms with E-state index in [0.29, 0.717) is 11.6 Å². The number of amides is 1. The average molecular weight is 357 g/mol. The van der Waals surface area contributed by atoms with Gasteiger partial charge in [0.25, 0.3) is 5.91 Å². The summed E-state index contributed by atoms with van der Waals surface area (Å²) in [5.41, 5.74) is 2.85. The highest BCUT2D eigenvalue weighted by molar-refractivity contribution is 5.94. The monoisotopic (exact) mass is 357 g/mol. The predicted molar refractivity (Wildman–Crippen MR) is 96.9 cm³/mol. The molecule has 2 aromatic heterocycles. The number of hydrogen-bond donors (Lipinski definition) is 2. The van der Waals surface area contributed by atoms with E-state index in [-0.39, 0.29) is 11.9 Å². The van der Waals surface area contributed by atoms with Crippen molar-refractivity contribution in [3.05, 3.63) is 28.6 Å². The van der Waals surface area contributed by atoms with E-state index in [9.17, 15) is 4.79 Å². The Labute approximate surface area is 153 Å². The first-order valence-electron chi connectivity index (χ1n) is 9.42. The molecule has 4 rings (SSSR count). The molecule has 0 bridgehead atoms. The summed E-state index contributed by atoms with van der Waals surface area (Å²) in [7, 11) is 6.07. The van der Waals surface area contributed by atoms with Gasteiger partial charge in [-0.15, -0.1) is 10.2 Å². The van der Waals surface area contributed by atoms with Crippen LogP contribution in [0.1, 0.15) is 65.0 Å². The van der Waals surface area contributed by atoms with E-state index in [1.54, 1.807) is 0 Å². The third-order valence-corrected chi connectivity index (χ3v) is 5.57. The summed E-state index contributed by atoms with van der Waals surface area (Å²) in [6.45, 7) is 0.778. The molecule has 0 spiro atoms. The van der Waals surface area contributed by atoms with Gasteiger partial charge in [-0.2, -0.15) is 5.10 Å². The first-order chi connectivity index (χ1) is 12.5. The van der Waals surface area contributed by atoms with E-state index in [2.05, 4.69) is 35.2 Å². The van der Waals surface area contributed by atoms with Crippen LogP contribution in [-0.2, 0) is 26.4 Å². The Hall–Kier alpha value is -2.22. The Morgan fingerprint density at radius 2 is 2.04 bits per heavy atom. The maximum atomic E-state index is 12.6. The van der Waals surface area contributed by atoms with Gasteiger partial charge in [0.15, 0.2) is 5.69 Å². The van der Waals surface area contributed by atoms with Crippen LogP contribution in [0.25, 0.3) is 0 Å². The first kappa shape index (κ1) is 17.2. The van der Waals surface area contributed by atoms with Crippen molar-refractivity contribution in [2.75, 3.05) is 14.1 Å². The zero-order valence-electron chi connectivity index (χ0n) is 15.7. The maximum Gasteiger partial charge on any atom is 0.272 e. The van der Waals surface area contributed by atoms with Gasteiger partial charge in [0.2, 0.25) is 0 Å². The lowest BCUT2D eigenvalue weighted by atomic mass is 9.79. The van der Waals surface area contributed by atoms with Crippen LogP contribution in [0.5, 0.6) is 0 Å². The number of aromatic amines is 1. The van der Waals surface area contributed by atoms with Crippen molar-refractivity contribution in [1.29, 1.82) is 0 Å². The summed E-state index contributed by atoms with van der Waals surface area (Å²) in [5, 5.41) is 19.1. The van der Waals surface area contributed by atoms with Crippen LogP contribution in [0, 0.1) is 0 Å². The molecule has 2 aliphatic carbocycles. The summed E-state index contributed by atoms with van der Waals surface area (Å²) >= 11 is 0. The fourth-order valence-corrected chi connectivity index (χ4v) is 4.02. The number of aromatic nitrogens is 5. The Morgan fingerprint density at radius 3 is 2.81 bits per heavy atom. The number of nitrogens with one attached hydrogen (secondary N) is 2. The molecular weight excluding hydrogens is 330 g/mol. The molecular formula is C18H27N7O. The lowest BCUT2D eigenvalue weighted by Gasteiger charge is -2.35. The van der Waals surface area contributed by atoms with Gasteiger partial charge in [-0.3, -0.25) is 9.89 Å². The van der Waals surface area contributed by atoms with Crippen molar-refractivity contribution in [2.24, 2.45) is 7.05 Å². The highest BCUT2D eigenvalue weighted by Crippen LogP contribution is 2.36. The number of H-pyrrole nitrogens is 1. The predicted octanol–water partition coefficient (Wildman–Crippen LogP) is 1.15. The summed E-state index contributed by atoms with van der Waals surface area (Å²) < 4.78 is 2.09. The number of fused-ring (bicyclic) bond motifs is 1. The van der Waals surface area contributed by atoms with Crippen LogP contribution in [0.15, 0.2) is 0 Å². The van der Waals surface area contributed by atoms with Gasteiger partial charge in [0.1, 0.15) is 11.6 Å². The molecule has 2 heterocycles. The SMILES string of the molecule is CN(C)Cc1nnc(C2CC(NC(=O)c3n[nH]c4c3CCCC4)C2)n1C. The minimum atomic E-state index is -0.0425. The molecule has 1 fully saturated rings. The molecule has 1 saturated carbocycles. The van der Waals surface area contributed by atoms with Gasteiger partial charge in [0.05, 0.1) is 6.54 Å². The van der Waals surface area contributed by atoms with Crippen LogP contribution in [0.2, 0.25) is 0 Å². The second kappa shape index (κ2) is 6.83. The fourth-order valence-electron chi connectivity index (χ4n) is 4.02. The molecule has 8 heteroatoms. The van der Waals surface area contributed by atoms with Crippen LogP contribution in [0.3, 0.4) is 0 Å². The Kier molecular flexibility index (Phi) is 4.52. The second-order valence-corrected chi connectivity index (χ2v) is 7.85. The van der Waals surface area contributed by atoms with E-state index in [1.807, 2.05) is 21.1 Å². The minimum Gasteiger partial charge on any atom is -0.348 e. The number of rotatable bonds is 5. The summed E-state index contributed by atoms with van der Waals surface area (Å²) in [5.74, 6) is 2.31. The second-order valence-electron chi connectivity index (χ2n) is 7.85. The average Bonchev–Trinajstić information content (AvgIpc) is 3.15.